The average molecular weight is 296 g/mol. The third kappa shape index (κ3) is 1.56. The lowest BCUT2D eigenvalue weighted by molar-refractivity contribution is 0.418. The Morgan fingerprint density at radius 2 is 1.86 bits per heavy atom. The zero-order chi connectivity index (χ0) is 15.4. The van der Waals surface area contributed by atoms with Crippen molar-refractivity contribution in [1.82, 2.24) is 20.4 Å². The molecule has 4 rings (SSSR count). The number of fused-ring (bicyclic) bond motifs is 5. The van der Waals surface area contributed by atoms with E-state index in [2.05, 4.69) is 20.4 Å². The van der Waals surface area contributed by atoms with Gasteiger partial charge in [-0.05, 0) is 19.4 Å². The fraction of sp³-hybridized carbons (Fsp3) is 0.200. The van der Waals surface area contributed by atoms with Crippen molar-refractivity contribution < 1.29 is 9.15 Å². The first-order valence-corrected chi connectivity index (χ1v) is 6.72. The van der Waals surface area contributed by atoms with Crippen molar-refractivity contribution in [3.05, 3.63) is 33.8 Å². The minimum absolute atomic E-state index is 0.400. The van der Waals surface area contributed by atoms with Crippen molar-refractivity contribution >= 4 is 32.9 Å². The van der Waals surface area contributed by atoms with Gasteiger partial charge in [0.1, 0.15) is 22.1 Å². The van der Waals surface area contributed by atoms with Gasteiger partial charge in [0, 0.05) is 22.9 Å². The molecule has 0 aliphatic rings. The second kappa shape index (κ2) is 4.27. The Kier molecular flexibility index (Phi) is 2.47. The molecule has 0 fully saturated rings. The van der Waals surface area contributed by atoms with E-state index in [0.29, 0.717) is 27.9 Å². The van der Waals surface area contributed by atoms with Gasteiger partial charge in [-0.3, -0.25) is 5.10 Å². The highest BCUT2D eigenvalue weighted by Gasteiger charge is 2.18. The molecule has 7 heteroatoms. The van der Waals surface area contributed by atoms with Crippen LogP contribution >= 0.6 is 0 Å². The lowest BCUT2D eigenvalue weighted by atomic mass is 10.0. The van der Waals surface area contributed by atoms with E-state index < -0.39 is 5.63 Å². The lowest BCUT2D eigenvalue weighted by Gasteiger charge is -2.09. The van der Waals surface area contributed by atoms with E-state index in [1.54, 1.807) is 6.07 Å². The maximum Gasteiger partial charge on any atom is 0.336 e. The summed E-state index contributed by atoms with van der Waals surface area (Å²) in [4.78, 5) is 11.7. The number of H-pyrrole nitrogens is 1. The second-order valence-corrected chi connectivity index (χ2v) is 5.17. The van der Waals surface area contributed by atoms with E-state index in [1.807, 2.05) is 13.8 Å². The van der Waals surface area contributed by atoms with Crippen LogP contribution in [0.25, 0.3) is 32.9 Å². The van der Waals surface area contributed by atoms with Crippen LogP contribution in [0.1, 0.15) is 11.3 Å². The van der Waals surface area contributed by atoms with E-state index in [0.717, 1.165) is 22.0 Å². The molecule has 22 heavy (non-hydrogen) atoms. The molecule has 0 radical (unpaired) electrons. The minimum Gasteiger partial charge on any atom is -0.494 e. The van der Waals surface area contributed by atoms with Gasteiger partial charge in [0.2, 0.25) is 0 Å². The summed E-state index contributed by atoms with van der Waals surface area (Å²) in [5.74, 6) is 0.492. The number of ether oxygens (including phenoxy) is 1. The van der Waals surface area contributed by atoms with Crippen LogP contribution < -0.4 is 10.4 Å². The lowest BCUT2D eigenvalue weighted by Crippen LogP contribution is -2.00. The molecule has 0 spiro atoms. The summed E-state index contributed by atoms with van der Waals surface area (Å²) in [5.41, 5.74) is 3.64. The average Bonchev–Trinajstić information content (AvgIpc) is 2.87. The van der Waals surface area contributed by atoms with Crippen LogP contribution in [-0.2, 0) is 0 Å². The summed E-state index contributed by atoms with van der Waals surface area (Å²) in [6.07, 6.45) is 0. The van der Waals surface area contributed by atoms with Gasteiger partial charge in [0.25, 0.3) is 0 Å². The van der Waals surface area contributed by atoms with E-state index in [4.69, 9.17) is 9.15 Å². The summed E-state index contributed by atoms with van der Waals surface area (Å²) < 4.78 is 10.7. The van der Waals surface area contributed by atoms with Crippen LogP contribution in [0.5, 0.6) is 5.75 Å². The predicted octanol–water partition coefficient (Wildman–Crippen LogP) is 2.24. The Morgan fingerprint density at radius 3 is 2.64 bits per heavy atom. The number of hydrogen-bond acceptors (Lipinski definition) is 6. The first kappa shape index (κ1) is 12.8. The number of aromatic nitrogens is 4. The molecular weight excluding hydrogens is 284 g/mol. The molecule has 0 saturated carbocycles. The van der Waals surface area contributed by atoms with Gasteiger partial charge in [-0.15, -0.1) is 10.2 Å². The fourth-order valence-corrected chi connectivity index (χ4v) is 2.79. The number of benzene rings is 1. The number of hydrogen-bond donors (Lipinski definition) is 1. The zero-order valence-corrected chi connectivity index (χ0v) is 12.2. The second-order valence-electron chi connectivity index (χ2n) is 5.17. The molecule has 0 bridgehead atoms. The van der Waals surface area contributed by atoms with Crippen LogP contribution in [-0.4, -0.2) is 27.5 Å². The molecule has 4 aromatic rings. The summed E-state index contributed by atoms with van der Waals surface area (Å²) in [7, 11) is 1.54. The number of rotatable bonds is 1. The van der Waals surface area contributed by atoms with E-state index in [1.165, 1.54) is 13.2 Å². The first-order chi connectivity index (χ1) is 10.6. The van der Waals surface area contributed by atoms with Gasteiger partial charge >= 0.3 is 5.63 Å². The van der Waals surface area contributed by atoms with Crippen LogP contribution in [0.4, 0.5) is 0 Å². The van der Waals surface area contributed by atoms with Crippen molar-refractivity contribution in [2.45, 2.75) is 13.8 Å². The number of nitrogens with one attached hydrogen (secondary N) is 1. The maximum atomic E-state index is 11.7. The van der Waals surface area contributed by atoms with Gasteiger partial charge in [0.15, 0.2) is 5.75 Å². The molecule has 0 saturated heterocycles. The van der Waals surface area contributed by atoms with Crippen molar-refractivity contribution in [2.75, 3.05) is 7.11 Å². The molecule has 1 aromatic carbocycles. The highest BCUT2D eigenvalue weighted by Crippen LogP contribution is 2.36. The monoisotopic (exact) mass is 296 g/mol. The minimum atomic E-state index is -0.400. The summed E-state index contributed by atoms with van der Waals surface area (Å²) in [6, 6.07) is 3.12. The van der Waals surface area contributed by atoms with Gasteiger partial charge in [0.05, 0.1) is 12.8 Å². The Labute approximate surface area is 123 Å². The van der Waals surface area contributed by atoms with Crippen LogP contribution in [0.2, 0.25) is 0 Å². The smallest absolute Gasteiger partial charge is 0.336 e. The quantitative estimate of drug-likeness (QED) is 0.427. The SMILES string of the molecule is COc1cc2oc(=O)cc(C)c2c2c1nnc1c(C)[nH]nc12. The van der Waals surface area contributed by atoms with Crippen LogP contribution in [0, 0.1) is 13.8 Å². The molecule has 3 aromatic heterocycles. The third-order valence-electron chi connectivity index (χ3n) is 3.79. The molecule has 110 valence electrons. The molecular formula is C15H12N4O3. The Balaban J connectivity index is 2.40. The number of methoxy groups -OCH3 is 1. The highest BCUT2D eigenvalue weighted by molar-refractivity contribution is 6.18. The molecule has 1 N–H and O–H groups in total. The van der Waals surface area contributed by atoms with Gasteiger partial charge in [-0.1, -0.05) is 0 Å². The zero-order valence-electron chi connectivity index (χ0n) is 12.2. The molecule has 0 unspecified atom stereocenters. The largest absolute Gasteiger partial charge is 0.494 e. The number of aromatic amines is 1. The van der Waals surface area contributed by atoms with Crippen LogP contribution in [0.15, 0.2) is 21.3 Å². The molecule has 0 atom stereocenters. The topological polar surface area (TPSA) is 93.9 Å². The van der Waals surface area contributed by atoms with Crippen molar-refractivity contribution in [3.63, 3.8) is 0 Å². The fourth-order valence-electron chi connectivity index (χ4n) is 2.79. The molecule has 3 heterocycles. The molecule has 0 aliphatic carbocycles. The molecule has 0 amide bonds. The van der Waals surface area contributed by atoms with E-state index in [-0.39, 0.29) is 0 Å². The van der Waals surface area contributed by atoms with Gasteiger partial charge in [-0.25, -0.2) is 4.79 Å². The van der Waals surface area contributed by atoms with E-state index >= 15 is 0 Å². The first-order valence-electron chi connectivity index (χ1n) is 6.72. The van der Waals surface area contributed by atoms with Crippen molar-refractivity contribution in [3.8, 4) is 5.75 Å². The Morgan fingerprint density at radius 1 is 1.09 bits per heavy atom. The van der Waals surface area contributed by atoms with Crippen molar-refractivity contribution in [2.24, 2.45) is 0 Å². The Hall–Kier alpha value is -2.96. The molecule has 7 nitrogen and oxygen atoms in total. The molecule has 0 aliphatic heterocycles. The third-order valence-corrected chi connectivity index (χ3v) is 3.79. The summed E-state index contributed by atoms with van der Waals surface area (Å²) in [6.45, 7) is 3.74. The summed E-state index contributed by atoms with van der Waals surface area (Å²) in [5, 5.41) is 17.3. The number of nitrogens with zero attached hydrogens (tertiary/aromatic N) is 3. The maximum absolute atomic E-state index is 11.7. The van der Waals surface area contributed by atoms with Gasteiger partial charge < -0.3 is 9.15 Å². The predicted molar refractivity (Wildman–Crippen MR) is 81.3 cm³/mol. The van der Waals surface area contributed by atoms with Crippen LogP contribution in [0.3, 0.4) is 0 Å². The normalized spacial score (nSPS) is 11.6. The van der Waals surface area contributed by atoms with E-state index in [9.17, 15) is 4.79 Å². The number of aryl methyl sites for hydroxylation is 2. The van der Waals surface area contributed by atoms with Crippen molar-refractivity contribution in [1.29, 1.82) is 0 Å². The summed E-state index contributed by atoms with van der Waals surface area (Å²) >= 11 is 0. The highest BCUT2D eigenvalue weighted by atomic mass is 16.5. The standard InChI is InChI=1S/C15H12N4O3/c1-6-4-10(20)22-8-5-9(21-3)14-12(11(6)8)15-13(17-18-14)7(2)16-19-15/h4-5H,1-3H3,(H,16,19). The Bertz CT molecular complexity index is 1110. The van der Waals surface area contributed by atoms with Gasteiger partial charge in [-0.2, -0.15) is 5.10 Å².